The molecule has 2 aliphatic rings. The Hall–Kier alpha value is 0.0200. The molecule has 0 amide bonds. The largest absolute Gasteiger partial charge is 1.00 e. The van der Waals surface area contributed by atoms with Crippen LogP contribution in [0, 0.1) is 5.41 Å². The van der Waals surface area contributed by atoms with E-state index in [9.17, 15) is 9.59 Å². The van der Waals surface area contributed by atoms with Crippen LogP contribution in [0.15, 0.2) is 0 Å². The van der Waals surface area contributed by atoms with Gasteiger partial charge in [0.1, 0.15) is 12.6 Å². The van der Waals surface area contributed by atoms with E-state index in [2.05, 4.69) is 27.9 Å². The summed E-state index contributed by atoms with van der Waals surface area (Å²) in [6.45, 7) is 8.30. The van der Waals surface area contributed by atoms with Gasteiger partial charge in [-0.1, -0.05) is 15.9 Å². The molecule has 2 rings (SSSR count). The van der Waals surface area contributed by atoms with Crippen molar-refractivity contribution >= 4 is 27.7 Å². The standard InChI is InChI=1S/C15H26BrN2O3.BrH/c1-4-21-14(20)15(12(2)19)9-13(10-16)18(11-15)7-5-17(3)6-8-18;/h13H,4-11H2,1-3H3;1H/q+1;/p-1. The summed E-state index contributed by atoms with van der Waals surface area (Å²) in [5.41, 5.74) is -0.940. The molecule has 0 N–H and O–H groups in total. The first-order chi connectivity index (χ1) is 9.90. The molecule has 0 aromatic carbocycles. The van der Waals surface area contributed by atoms with Gasteiger partial charge in [0.25, 0.3) is 0 Å². The minimum Gasteiger partial charge on any atom is -1.00 e. The van der Waals surface area contributed by atoms with E-state index in [1.807, 2.05) is 0 Å². The summed E-state index contributed by atoms with van der Waals surface area (Å²) < 4.78 is 6.11. The van der Waals surface area contributed by atoms with Crippen LogP contribution in [0.2, 0.25) is 0 Å². The molecule has 128 valence electrons. The maximum Gasteiger partial charge on any atom is 0.325 e. The van der Waals surface area contributed by atoms with Crippen molar-refractivity contribution in [2.24, 2.45) is 5.41 Å². The fraction of sp³-hybridized carbons (Fsp3) is 0.867. The maximum atomic E-state index is 12.5. The van der Waals surface area contributed by atoms with Gasteiger partial charge in [-0.25, -0.2) is 0 Å². The first-order valence-electron chi connectivity index (χ1n) is 7.69. The Kier molecular flexibility index (Phi) is 7.05. The van der Waals surface area contributed by atoms with Gasteiger partial charge in [-0.3, -0.25) is 14.5 Å². The summed E-state index contributed by atoms with van der Waals surface area (Å²) in [6, 6.07) is 0.312. The molecule has 2 fully saturated rings. The van der Waals surface area contributed by atoms with Crippen LogP contribution in [-0.2, 0) is 14.3 Å². The highest BCUT2D eigenvalue weighted by molar-refractivity contribution is 9.09. The minimum atomic E-state index is -0.940. The van der Waals surface area contributed by atoms with E-state index < -0.39 is 5.41 Å². The molecule has 0 bridgehead atoms. The van der Waals surface area contributed by atoms with Gasteiger partial charge in [0.05, 0.1) is 25.0 Å². The number of quaternary nitrogens is 1. The smallest absolute Gasteiger partial charge is 0.325 e. The summed E-state index contributed by atoms with van der Waals surface area (Å²) >= 11 is 3.60. The van der Waals surface area contributed by atoms with Crippen LogP contribution in [0.4, 0.5) is 0 Å². The molecule has 22 heavy (non-hydrogen) atoms. The van der Waals surface area contributed by atoms with Crippen LogP contribution in [0.25, 0.3) is 0 Å². The zero-order chi connectivity index (χ0) is 15.7. The Morgan fingerprint density at radius 2 is 1.95 bits per heavy atom. The average Bonchev–Trinajstić information content (AvgIpc) is 2.79. The zero-order valence-electron chi connectivity index (χ0n) is 13.6. The van der Waals surface area contributed by atoms with E-state index in [1.54, 1.807) is 13.8 Å². The Labute approximate surface area is 151 Å². The lowest BCUT2D eigenvalue weighted by Gasteiger charge is -2.45. The SMILES string of the molecule is CCOC(=O)C1(C(C)=O)CC(CBr)[N+]2(CCN(C)CC2)C1.[Br-]. The number of hydrogen-bond acceptors (Lipinski definition) is 4. The molecule has 5 nitrogen and oxygen atoms in total. The normalized spacial score (nSPS) is 30.8. The van der Waals surface area contributed by atoms with Crippen molar-refractivity contribution in [3.8, 4) is 0 Å². The molecule has 2 saturated heterocycles. The Morgan fingerprint density at radius 1 is 1.36 bits per heavy atom. The second kappa shape index (κ2) is 7.73. The molecule has 0 aromatic heterocycles. The number of Topliss-reactive ketones (excluding diaryl/α,β-unsaturated/α-hetero) is 1. The summed E-state index contributed by atoms with van der Waals surface area (Å²) in [7, 11) is 2.12. The van der Waals surface area contributed by atoms with Gasteiger partial charge >= 0.3 is 5.97 Å². The third-order valence-corrected chi connectivity index (χ3v) is 6.06. The number of hydrogen-bond donors (Lipinski definition) is 0. The molecule has 0 radical (unpaired) electrons. The first-order valence-corrected chi connectivity index (χ1v) is 8.81. The Morgan fingerprint density at radius 3 is 2.41 bits per heavy atom. The van der Waals surface area contributed by atoms with Gasteiger partial charge < -0.3 is 26.2 Å². The topological polar surface area (TPSA) is 46.6 Å². The number of ether oxygens (including phenoxy) is 1. The summed E-state index contributed by atoms with van der Waals surface area (Å²) in [5.74, 6) is -0.363. The molecule has 2 atom stereocenters. The summed E-state index contributed by atoms with van der Waals surface area (Å²) in [4.78, 5) is 27.1. The number of esters is 1. The van der Waals surface area contributed by atoms with Crippen LogP contribution in [-0.4, -0.2) is 78.9 Å². The Balaban J connectivity index is 0.00000242. The molecule has 7 heteroatoms. The molecular formula is C15H26Br2N2O3. The second-order valence-corrected chi connectivity index (χ2v) is 7.15. The van der Waals surface area contributed by atoms with Crippen molar-refractivity contribution in [1.82, 2.24) is 4.90 Å². The van der Waals surface area contributed by atoms with Crippen molar-refractivity contribution in [3.05, 3.63) is 0 Å². The fourth-order valence-corrected chi connectivity index (χ4v) is 4.67. The third kappa shape index (κ3) is 3.42. The van der Waals surface area contributed by atoms with E-state index in [-0.39, 0.29) is 28.7 Å². The van der Waals surface area contributed by atoms with E-state index >= 15 is 0 Å². The number of carbonyl (C=O) groups excluding carboxylic acids is 2. The monoisotopic (exact) mass is 440 g/mol. The number of nitrogens with zero attached hydrogens (tertiary/aromatic N) is 2. The lowest BCUT2D eigenvalue weighted by Crippen LogP contribution is -3.00. The number of ketones is 1. The lowest BCUT2D eigenvalue weighted by molar-refractivity contribution is -0.941. The van der Waals surface area contributed by atoms with Crippen molar-refractivity contribution in [2.45, 2.75) is 26.3 Å². The number of piperazine rings is 1. The zero-order valence-corrected chi connectivity index (χ0v) is 16.8. The predicted octanol–water partition coefficient (Wildman–Crippen LogP) is -1.94. The summed E-state index contributed by atoms with van der Waals surface area (Å²) in [5, 5.41) is 0.825. The molecule has 1 spiro atoms. The number of halogens is 2. The molecule has 2 unspecified atom stereocenters. The molecule has 0 aromatic rings. The molecule has 0 saturated carbocycles. The second-order valence-electron chi connectivity index (χ2n) is 6.50. The van der Waals surface area contributed by atoms with Gasteiger partial charge in [0.15, 0.2) is 11.2 Å². The highest BCUT2D eigenvalue weighted by Gasteiger charge is 2.62. The minimum absolute atomic E-state index is 0. The van der Waals surface area contributed by atoms with E-state index in [0.29, 0.717) is 25.6 Å². The van der Waals surface area contributed by atoms with Gasteiger partial charge in [-0.05, 0) is 20.9 Å². The fourth-order valence-electron chi connectivity index (χ4n) is 3.83. The van der Waals surface area contributed by atoms with Crippen molar-refractivity contribution in [2.75, 3.05) is 51.7 Å². The highest BCUT2D eigenvalue weighted by atomic mass is 79.9. The van der Waals surface area contributed by atoms with Crippen molar-refractivity contribution < 1.29 is 35.8 Å². The predicted molar refractivity (Wildman–Crippen MR) is 84.3 cm³/mol. The summed E-state index contributed by atoms with van der Waals surface area (Å²) in [6.07, 6.45) is 0.607. The van der Waals surface area contributed by atoms with Crippen molar-refractivity contribution in [3.63, 3.8) is 0 Å². The third-order valence-electron chi connectivity index (χ3n) is 5.32. The van der Waals surface area contributed by atoms with E-state index in [0.717, 1.165) is 36.0 Å². The number of likely N-dealkylation sites (N-methyl/N-ethyl adjacent to an activating group) is 1. The van der Waals surface area contributed by atoms with Crippen LogP contribution in [0.3, 0.4) is 0 Å². The molecule has 2 heterocycles. The Bertz CT molecular complexity index is 425. The average molecular weight is 442 g/mol. The van der Waals surface area contributed by atoms with Gasteiger partial charge in [-0.2, -0.15) is 0 Å². The number of rotatable bonds is 4. The van der Waals surface area contributed by atoms with Crippen LogP contribution in [0.1, 0.15) is 20.3 Å². The van der Waals surface area contributed by atoms with Gasteiger partial charge in [-0.15, -0.1) is 0 Å². The van der Waals surface area contributed by atoms with E-state index in [1.165, 1.54) is 0 Å². The highest BCUT2D eigenvalue weighted by Crippen LogP contribution is 2.43. The van der Waals surface area contributed by atoms with Gasteiger partial charge in [0.2, 0.25) is 0 Å². The van der Waals surface area contributed by atoms with Crippen LogP contribution >= 0.6 is 15.9 Å². The quantitative estimate of drug-likeness (QED) is 0.220. The lowest BCUT2D eigenvalue weighted by atomic mass is 9.82. The molecular weight excluding hydrogens is 416 g/mol. The molecule has 0 aliphatic carbocycles. The van der Waals surface area contributed by atoms with Crippen molar-refractivity contribution in [1.29, 1.82) is 0 Å². The van der Waals surface area contributed by atoms with E-state index in [4.69, 9.17) is 4.74 Å². The number of carbonyl (C=O) groups is 2. The van der Waals surface area contributed by atoms with Crippen LogP contribution in [0.5, 0.6) is 0 Å². The van der Waals surface area contributed by atoms with Crippen LogP contribution < -0.4 is 17.0 Å². The van der Waals surface area contributed by atoms with Gasteiger partial charge in [0, 0.05) is 19.5 Å². The number of alkyl halides is 1. The first kappa shape index (κ1) is 20.1. The molecule has 2 aliphatic heterocycles. The maximum absolute atomic E-state index is 12.5.